The lowest BCUT2D eigenvalue weighted by molar-refractivity contribution is -0.156. The van der Waals surface area contributed by atoms with E-state index in [0.717, 1.165) is 5.56 Å². The number of carbonyl (C=O) groups excluding carboxylic acids is 3. The Balaban J connectivity index is 1.48. The molecule has 3 aliphatic carbocycles. The lowest BCUT2D eigenvalue weighted by Gasteiger charge is -2.49. The number of rotatable bonds is 6. The van der Waals surface area contributed by atoms with Crippen LogP contribution in [0.1, 0.15) is 55.7 Å². The molecule has 0 spiro atoms. The number of aryl methyl sites for hydroxylation is 1. The van der Waals surface area contributed by atoms with E-state index in [0.29, 0.717) is 17.0 Å². The molecule has 1 saturated heterocycles. The standard InChI is InChI=1S/C32H30ClF2N5O3/c1-19-24(33)7-4-8-25(19)40(29(42)26-9-10-28(41)39(26)27-15-20(18-36)12-14-37-27)32(13-11-21-5-2-3-6-23(21)32)30(43)38-22-16-31(34,35)17-22/h2-8,12,14-15,19,22,25-26H,9-11,13,16-17H2,1H3,(H,38,43)/t19?,25?,26-,32+/m0/s1. The molecule has 43 heavy (non-hydrogen) atoms. The Morgan fingerprint density at radius 3 is 2.72 bits per heavy atom. The topological polar surface area (TPSA) is 106 Å². The first-order chi connectivity index (χ1) is 20.6. The molecule has 1 aromatic carbocycles. The Bertz CT molecular complexity index is 1600. The van der Waals surface area contributed by atoms with Gasteiger partial charge in [-0.25, -0.2) is 13.8 Å². The van der Waals surface area contributed by atoms with E-state index in [1.165, 1.54) is 23.2 Å². The van der Waals surface area contributed by atoms with Crippen molar-refractivity contribution in [1.29, 1.82) is 5.26 Å². The number of aromatic nitrogens is 1. The van der Waals surface area contributed by atoms with Gasteiger partial charge in [-0.1, -0.05) is 54.9 Å². The minimum Gasteiger partial charge on any atom is -0.351 e. The van der Waals surface area contributed by atoms with Crippen LogP contribution in [-0.2, 0) is 26.3 Å². The average molecular weight is 606 g/mol. The predicted octanol–water partition coefficient (Wildman–Crippen LogP) is 4.73. The highest BCUT2D eigenvalue weighted by atomic mass is 35.5. The highest BCUT2D eigenvalue weighted by molar-refractivity contribution is 6.30. The van der Waals surface area contributed by atoms with Gasteiger partial charge in [0.2, 0.25) is 11.8 Å². The molecule has 11 heteroatoms. The first kappa shape index (κ1) is 29.0. The quantitative estimate of drug-likeness (QED) is 0.512. The van der Waals surface area contributed by atoms with Gasteiger partial charge in [-0.3, -0.25) is 19.3 Å². The van der Waals surface area contributed by atoms with Crippen LogP contribution in [0.4, 0.5) is 14.6 Å². The molecule has 4 aliphatic rings. The van der Waals surface area contributed by atoms with Crippen LogP contribution in [0, 0.1) is 17.2 Å². The third-order valence-electron chi connectivity index (χ3n) is 9.10. The monoisotopic (exact) mass is 605 g/mol. The number of nitriles is 1. The number of benzene rings is 1. The number of carbonyl (C=O) groups is 3. The predicted molar refractivity (Wildman–Crippen MR) is 155 cm³/mol. The van der Waals surface area contributed by atoms with Crippen LogP contribution in [0.3, 0.4) is 0 Å². The van der Waals surface area contributed by atoms with E-state index >= 15 is 4.79 Å². The smallest absolute Gasteiger partial charge is 0.252 e. The van der Waals surface area contributed by atoms with E-state index < -0.39 is 60.2 Å². The van der Waals surface area contributed by atoms with Crippen LogP contribution < -0.4 is 10.2 Å². The molecule has 3 amide bonds. The van der Waals surface area contributed by atoms with E-state index in [2.05, 4.69) is 10.3 Å². The molecule has 0 bridgehead atoms. The number of anilines is 1. The highest BCUT2D eigenvalue weighted by Gasteiger charge is 2.58. The molecule has 2 unspecified atom stereocenters. The largest absolute Gasteiger partial charge is 0.351 e. The summed E-state index contributed by atoms with van der Waals surface area (Å²) in [4.78, 5) is 49.9. The summed E-state index contributed by atoms with van der Waals surface area (Å²) >= 11 is 6.61. The Morgan fingerprint density at radius 2 is 1.98 bits per heavy atom. The van der Waals surface area contributed by atoms with Crippen LogP contribution in [0.25, 0.3) is 0 Å². The number of hydrogen-bond acceptors (Lipinski definition) is 5. The summed E-state index contributed by atoms with van der Waals surface area (Å²) in [6, 6.07) is 9.95. The summed E-state index contributed by atoms with van der Waals surface area (Å²) in [6.45, 7) is 1.86. The van der Waals surface area contributed by atoms with Crippen LogP contribution in [0.2, 0.25) is 0 Å². The van der Waals surface area contributed by atoms with E-state index in [4.69, 9.17) is 11.6 Å². The third kappa shape index (κ3) is 4.89. The van der Waals surface area contributed by atoms with Crippen molar-refractivity contribution in [1.82, 2.24) is 15.2 Å². The molecule has 1 saturated carbocycles. The van der Waals surface area contributed by atoms with Crippen molar-refractivity contribution in [2.45, 2.75) is 75.0 Å². The molecule has 2 heterocycles. The van der Waals surface area contributed by atoms with Crippen LogP contribution in [0.5, 0.6) is 0 Å². The molecule has 2 aromatic rings. The van der Waals surface area contributed by atoms with Gasteiger partial charge in [-0.15, -0.1) is 0 Å². The second kappa shape index (κ2) is 10.9. The molecule has 4 atom stereocenters. The van der Waals surface area contributed by atoms with Gasteiger partial charge in [0.25, 0.3) is 11.8 Å². The van der Waals surface area contributed by atoms with Crippen molar-refractivity contribution in [2.75, 3.05) is 4.90 Å². The minimum atomic E-state index is -2.84. The summed E-state index contributed by atoms with van der Waals surface area (Å²) in [6.07, 6.45) is 6.73. The zero-order chi connectivity index (χ0) is 30.5. The molecule has 1 aliphatic heterocycles. The maximum atomic E-state index is 15.0. The lowest BCUT2D eigenvalue weighted by atomic mass is 9.81. The molecule has 8 nitrogen and oxygen atoms in total. The Morgan fingerprint density at radius 1 is 1.21 bits per heavy atom. The second-order valence-corrected chi connectivity index (χ2v) is 12.1. The normalized spacial score (nSPS) is 27.6. The number of amides is 3. The Hall–Kier alpha value is -4.10. The maximum absolute atomic E-state index is 15.0. The third-order valence-corrected chi connectivity index (χ3v) is 9.57. The molecule has 222 valence electrons. The van der Waals surface area contributed by atoms with Crippen LogP contribution in [0.15, 0.2) is 65.9 Å². The van der Waals surface area contributed by atoms with Gasteiger partial charge in [0.1, 0.15) is 17.4 Å². The highest BCUT2D eigenvalue weighted by Crippen LogP contribution is 2.48. The van der Waals surface area contributed by atoms with Crippen molar-refractivity contribution >= 4 is 35.1 Å². The van der Waals surface area contributed by atoms with Crippen molar-refractivity contribution < 1.29 is 23.2 Å². The van der Waals surface area contributed by atoms with E-state index in [1.54, 1.807) is 23.1 Å². The van der Waals surface area contributed by atoms with Gasteiger partial charge < -0.3 is 10.2 Å². The lowest BCUT2D eigenvalue weighted by Crippen LogP contribution is -2.66. The van der Waals surface area contributed by atoms with Crippen molar-refractivity contribution in [3.8, 4) is 6.07 Å². The first-order valence-electron chi connectivity index (χ1n) is 14.4. The number of hydrogen-bond donors (Lipinski definition) is 1. The van der Waals surface area contributed by atoms with Crippen molar-refractivity contribution in [3.63, 3.8) is 0 Å². The molecule has 6 rings (SSSR count). The summed E-state index contributed by atoms with van der Waals surface area (Å²) in [5.74, 6) is -4.40. The van der Waals surface area contributed by atoms with Gasteiger partial charge in [-0.05, 0) is 48.6 Å². The molecule has 1 N–H and O–H groups in total. The molecule has 0 radical (unpaired) electrons. The number of nitrogens with one attached hydrogen (secondary N) is 1. The van der Waals surface area contributed by atoms with Gasteiger partial charge >= 0.3 is 0 Å². The van der Waals surface area contributed by atoms with E-state index in [1.807, 2.05) is 37.3 Å². The fourth-order valence-corrected chi connectivity index (χ4v) is 7.08. The zero-order valence-corrected chi connectivity index (χ0v) is 24.2. The number of halogens is 3. The summed E-state index contributed by atoms with van der Waals surface area (Å²) < 4.78 is 27.6. The molecular weight excluding hydrogens is 576 g/mol. The van der Waals surface area contributed by atoms with E-state index in [-0.39, 0.29) is 36.6 Å². The van der Waals surface area contributed by atoms with Gasteiger partial charge in [0.15, 0.2) is 0 Å². The zero-order valence-electron chi connectivity index (χ0n) is 23.5. The van der Waals surface area contributed by atoms with Crippen LogP contribution in [-0.4, -0.2) is 51.7 Å². The summed E-state index contributed by atoms with van der Waals surface area (Å²) in [5, 5.41) is 12.8. The molecule has 1 aromatic heterocycles. The van der Waals surface area contributed by atoms with Crippen molar-refractivity contribution in [2.24, 2.45) is 5.92 Å². The summed E-state index contributed by atoms with van der Waals surface area (Å²) in [5.41, 5.74) is 0.242. The number of alkyl halides is 2. The SMILES string of the molecule is CC1C(Cl)=CC=CC1N(C(=O)[C@@H]1CCC(=O)N1c1cc(C#N)ccn1)[C@]1(C(=O)NC2CC(F)(F)C2)CCc2ccccc21. The van der Waals surface area contributed by atoms with Crippen molar-refractivity contribution in [3.05, 3.63) is 82.5 Å². The number of allylic oxidation sites excluding steroid dienone is 2. The van der Waals surface area contributed by atoms with Gasteiger partial charge in [0, 0.05) is 42.5 Å². The average Bonchev–Trinajstić information content (AvgIpc) is 3.56. The Labute approximate surface area is 253 Å². The molecular formula is C32H30ClF2N5O3. The van der Waals surface area contributed by atoms with Crippen LogP contribution >= 0.6 is 11.6 Å². The second-order valence-electron chi connectivity index (χ2n) is 11.7. The maximum Gasteiger partial charge on any atom is 0.252 e. The fourth-order valence-electron chi connectivity index (χ4n) is 6.88. The fraction of sp³-hybridized carbons (Fsp3) is 0.406. The first-order valence-corrected chi connectivity index (χ1v) is 14.8. The Kier molecular flexibility index (Phi) is 7.33. The van der Waals surface area contributed by atoms with Gasteiger partial charge in [-0.2, -0.15) is 5.26 Å². The summed E-state index contributed by atoms with van der Waals surface area (Å²) in [7, 11) is 0. The van der Waals surface area contributed by atoms with E-state index in [9.17, 15) is 23.6 Å². The minimum absolute atomic E-state index is 0.0758. The van der Waals surface area contributed by atoms with Gasteiger partial charge in [0.05, 0.1) is 17.7 Å². The number of fused-ring (bicyclic) bond motifs is 1. The number of nitrogens with zero attached hydrogens (tertiary/aromatic N) is 4. The molecule has 2 fully saturated rings. The number of pyridine rings is 1.